The molecule has 0 saturated carbocycles. The number of aryl methyl sites for hydroxylation is 1. The molecular formula is C24H18FNO2. The SMILES string of the molecule is Cc1ccc(C2=C(c3ccc(F)cc3)C(=O)N(c3ccc(C=O)cc3)C2)cc1. The molecule has 4 rings (SSSR count). The lowest BCUT2D eigenvalue weighted by molar-refractivity contribution is -0.112. The third-order valence-corrected chi connectivity index (χ3v) is 4.95. The molecule has 4 heteroatoms. The van der Waals surface area contributed by atoms with Gasteiger partial charge < -0.3 is 4.90 Å². The van der Waals surface area contributed by atoms with Gasteiger partial charge in [-0.15, -0.1) is 0 Å². The number of hydrogen-bond donors (Lipinski definition) is 0. The Bertz CT molecular complexity index is 1070. The minimum absolute atomic E-state index is 0.138. The van der Waals surface area contributed by atoms with Crippen molar-refractivity contribution in [2.24, 2.45) is 0 Å². The number of halogens is 1. The van der Waals surface area contributed by atoms with Crippen LogP contribution in [0.25, 0.3) is 11.1 Å². The molecule has 138 valence electrons. The molecule has 3 nitrogen and oxygen atoms in total. The summed E-state index contributed by atoms with van der Waals surface area (Å²) >= 11 is 0. The Kier molecular flexibility index (Phi) is 4.62. The molecule has 0 aromatic heterocycles. The van der Waals surface area contributed by atoms with Gasteiger partial charge in [-0.1, -0.05) is 42.0 Å². The van der Waals surface area contributed by atoms with Gasteiger partial charge in [-0.2, -0.15) is 0 Å². The summed E-state index contributed by atoms with van der Waals surface area (Å²) in [6, 6.07) is 20.9. The van der Waals surface area contributed by atoms with Crippen LogP contribution in [0, 0.1) is 12.7 Å². The van der Waals surface area contributed by atoms with E-state index in [1.807, 2.05) is 31.2 Å². The van der Waals surface area contributed by atoms with E-state index in [9.17, 15) is 14.0 Å². The average molecular weight is 371 g/mol. The van der Waals surface area contributed by atoms with Crippen LogP contribution in [-0.2, 0) is 4.79 Å². The van der Waals surface area contributed by atoms with Crippen LogP contribution >= 0.6 is 0 Å². The molecule has 28 heavy (non-hydrogen) atoms. The highest BCUT2D eigenvalue weighted by atomic mass is 19.1. The molecule has 0 saturated heterocycles. The van der Waals surface area contributed by atoms with Crippen molar-refractivity contribution >= 4 is 29.0 Å². The highest BCUT2D eigenvalue weighted by Crippen LogP contribution is 2.37. The third kappa shape index (κ3) is 3.25. The summed E-state index contributed by atoms with van der Waals surface area (Å²) in [4.78, 5) is 25.9. The Morgan fingerprint density at radius 3 is 2.07 bits per heavy atom. The number of amides is 1. The van der Waals surface area contributed by atoms with Crippen molar-refractivity contribution < 1.29 is 14.0 Å². The first-order valence-electron chi connectivity index (χ1n) is 9.00. The Morgan fingerprint density at radius 2 is 1.46 bits per heavy atom. The Labute approximate surface area is 162 Å². The number of benzene rings is 3. The van der Waals surface area contributed by atoms with Gasteiger partial charge in [-0.3, -0.25) is 9.59 Å². The maximum Gasteiger partial charge on any atom is 0.259 e. The van der Waals surface area contributed by atoms with Crippen LogP contribution in [0.15, 0.2) is 72.8 Å². The molecule has 3 aromatic rings. The molecule has 3 aromatic carbocycles. The topological polar surface area (TPSA) is 37.4 Å². The van der Waals surface area contributed by atoms with Crippen LogP contribution in [0.2, 0.25) is 0 Å². The Hall–Kier alpha value is -3.53. The maximum atomic E-state index is 13.4. The molecule has 0 unspecified atom stereocenters. The molecule has 0 N–H and O–H groups in total. The maximum absolute atomic E-state index is 13.4. The van der Waals surface area contributed by atoms with Crippen molar-refractivity contribution in [3.63, 3.8) is 0 Å². The molecule has 1 amide bonds. The number of rotatable bonds is 4. The number of aldehydes is 1. The van der Waals surface area contributed by atoms with Gasteiger partial charge >= 0.3 is 0 Å². The first kappa shape index (κ1) is 17.9. The van der Waals surface area contributed by atoms with Gasteiger partial charge in [0.2, 0.25) is 0 Å². The standard InChI is InChI=1S/C24H18FNO2/c1-16-2-6-18(7-3-16)22-14-26(21-12-4-17(15-27)5-13-21)24(28)23(22)19-8-10-20(25)11-9-19/h2-13,15H,14H2,1H3. The Morgan fingerprint density at radius 1 is 0.857 bits per heavy atom. The van der Waals surface area contributed by atoms with Crippen molar-refractivity contribution in [2.75, 3.05) is 11.4 Å². The molecule has 1 aliphatic heterocycles. The first-order valence-corrected chi connectivity index (χ1v) is 9.00. The summed E-state index contributed by atoms with van der Waals surface area (Å²) in [5.74, 6) is -0.478. The summed E-state index contributed by atoms with van der Waals surface area (Å²) in [5, 5.41) is 0. The quantitative estimate of drug-likeness (QED) is 0.612. The van der Waals surface area contributed by atoms with E-state index < -0.39 is 0 Å². The van der Waals surface area contributed by atoms with Crippen LogP contribution in [-0.4, -0.2) is 18.7 Å². The second-order valence-corrected chi connectivity index (χ2v) is 6.83. The van der Waals surface area contributed by atoms with Gasteiger partial charge in [-0.25, -0.2) is 4.39 Å². The zero-order valence-electron chi connectivity index (χ0n) is 15.4. The minimum Gasteiger partial charge on any atom is -0.304 e. The van der Waals surface area contributed by atoms with E-state index >= 15 is 0 Å². The van der Waals surface area contributed by atoms with E-state index in [4.69, 9.17) is 0 Å². The van der Waals surface area contributed by atoms with Crippen molar-refractivity contribution in [1.29, 1.82) is 0 Å². The molecular weight excluding hydrogens is 353 g/mol. The van der Waals surface area contributed by atoms with E-state index in [-0.39, 0.29) is 11.7 Å². The monoisotopic (exact) mass is 371 g/mol. The molecule has 0 bridgehead atoms. The van der Waals surface area contributed by atoms with E-state index in [0.717, 1.165) is 28.7 Å². The molecule has 0 fully saturated rings. The van der Waals surface area contributed by atoms with Crippen LogP contribution in [0.4, 0.5) is 10.1 Å². The number of anilines is 1. The summed E-state index contributed by atoms with van der Waals surface area (Å²) < 4.78 is 13.4. The van der Waals surface area contributed by atoms with Crippen LogP contribution in [0.3, 0.4) is 0 Å². The number of carbonyl (C=O) groups is 2. The summed E-state index contributed by atoms with van der Waals surface area (Å²) in [7, 11) is 0. The van der Waals surface area contributed by atoms with E-state index in [2.05, 4.69) is 0 Å². The van der Waals surface area contributed by atoms with Gasteiger partial charge in [0.1, 0.15) is 12.1 Å². The zero-order valence-corrected chi connectivity index (χ0v) is 15.4. The second kappa shape index (κ2) is 7.24. The fraction of sp³-hybridized carbons (Fsp3) is 0.0833. The minimum atomic E-state index is -0.340. The van der Waals surface area contributed by atoms with Crippen LogP contribution < -0.4 is 4.90 Å². The third-order valence-electron chi connectivity index (χ3n) is 4.95. The van der Waals surface area contributed by atoms with Gasteiger partial charge in [0.05, 0.1) is 12.1 Å². The summed E-state index contributed by atoms with van der Waals surface area (Å²) in [6.07, 6.45) is 0.773. The van der Waals surface area contributed by atoms with Crippen molar-refractivity contribution in [2.45, 2.75) is 6.92 Å². The highest BCUT2D eigenvalue weighted by Gasteiger charge is 2.32. The van der Waals surface area contributed by atoms with Gasteiger partial charge in [0.25, 0.3) is 5.91 Å². The Balaban J connectivity index is 1.80. The summed E-state index contributed by atoms with van der Waals surface area (Å²) in [6.45, 7) is 2.43. The van der Waals surface area contributed by atoms with Crippen molar-refractivity contribution in [3.8, 4) is 0 Å². The largest absolute Gasteiger partial charge is 0.304 e. The van der Waals surface area contributed by atoms with Crippen LogP contribution in [0.5, 0.6) is 0 Å². The first-order chi connectivity index (χ1) is 13.6. The lowest BCUT2D eigenvalue weighted by Crippen LogP contribution is -2.26. The molecule has 1 heterocycles. The van der Waals surface area contributed by atoms with E-state index in [0.29, 0.717) is 23.2 Å². The average Bonchev–Trinajstić information content (AvgIpc) is 3.06. The van der Waals surface area contributed by atoms with Crippen LogP contribution in [0.1, 0.15) is 27.0 Å². The van der Waals surface area contributed by atoms with E-state index in [1.54, 1.807) is 41.3 Å². The second-order valence-electron chi connectivity index (χ2n) is 6.83. The molecule has 1 aliphatic rings. The number of hydrogen-bond acceptors (Lipinski definition) is 2. The highest BCUT2D eigenvalue weighted by molar-refractivity contribution is 6.36. The summed E-state index contributed by atoms with van der Waals surface area (Å²) in [5.41, 5.74) is 5.54. The molecule has 0 atom stereocenters. The van der Waals surface area contributed by atoms with Gasteiger partial charge in [-0.05, 0) is 60.0 Å². The van der Waals surface area contributed by atoms with Crippen molar-refractivity contribution in [3.05, 3.63) is 101 Å². The lowest BCUT2D eigenvalue weighted by atomic mass is 9.96. The fourth-order valence-corrected chi connectivity index (χ4v) is 3.42. The fourth-order valence-electron chi connectivity index (χ4n) is 3.42. The molecule has 0 radical (unpaired) electrons. The molecule has 0 spiro atoms. The van der Waals surface area contributed by atoms with Gasteiger partial charge in [0.15, 0.2) is 0 Å². The smallest absolute Gasteiger partial charge is 0.259 e. The van der Waals surface area contributed by atoms with Gasteiger partial charge in [0, 0.05) is 11.3 Å². The lowest BCUT2D eigenvalue weighted by Gasteiger charge is -2.17. The van der Waals surface area contributed by atoms with E-state index in [1.165, 1.54) is 12.1 Å². The predicted octanol–water partition coefficient (Wildman–Crippen LogP) is 4.90. The number of carbonyl (C=O) groups excluding carboxylic acids is 2. The zero-order chi connectivity index (χ0) is 19.7. The predicted molar refractivity (Wildman–Crippen MR) is 109 cm³/mol. The molecule has 0 aliphatic carbocycles. The number of nitrogens with zero attached hydrogens (tertiary/aromatic N) is 1. The van der Waals surface area contributed by atoms with Crippen molar-refractivity contribution in [1.82, 2.24) is 0 Å². The normalized spacial score (nSPS) is 13.9.